The summed E-state index contributed by atoms with van der Waals surface area (Å²) in [5.74, 6) is -1.12. The van der Waals surface area contributed by atoms with Crippen LogP contribution in [0, 0.1) is 18.3 Å². The second-order valence-corrected chi connectivity index (χ2v) is 8.55. The van der Waals surface area contributed by atoms with Crippen molar-refractivity contribution >= 4 is 18.9 Å². The van der Waals surface area contributed by atoms with E-state index in [2.05, 4.69) is 10.3 Å². The number of nitriles is 1. The number of nitrogens with zero attached hydrogens (tertiary/aromatic N) is 2. The van der Waals surface area contributed by atoms with Crippen LogP contribution in [0.1, 0.15) is 41.5 Å². The summed E-state index contributed by atoms with van der Waals surface area (Å²) in [6.45, 7) is 5.73. The van der Waals surface area contributed by atoms with Gasteiger partial charge in [0, 0.05) is 30.1 Å². The molecule has 26 heavy (non-hydrogen) atoms. The van der Waals surface area contributed by atoms with Crippen molar-refractivity contribution in [3.8, 4) is 6.07 Å². The lowest BCUT2D eigenvalue weighted by atomic mass is 10.1. The molecule has 2 aromatic rings. The number of aliphatic hydroxyl groups excluding tert-OH is 1. The lowest BCUT2D eigenvalue weighted by molar-refractivity contribution is 0.216. The third kappa shape index (κ3) is 8.19. The van der Waals surface area contributed by atoms with Crippen molar-refractivity contribution in [1.82, 2.24) is 10.3 Å². The molecular weight excluding hydrogens is 373 g/mol. The van der Waals surface area contributed by atoms with E-state index in [0.717, 1.165) is 10.7 Å². The highest BCUT2D eigenvalue weighted by Crippen LogP contribution is 2.49. The van der Waals surface area contributed by atoms with Crippen molar-refractivity contribution < 1.29 is 19.5 Å². The van der Waals surface area contributed by atoms with Crippen LogP contribution >= 0.6 is 18.9 Å². The van der Waals surface area contributed by atoms with Gasteiger partial charge in [0.1, 0.15) is 5.78 Å². The Kier molecular flexibility index (Phi) is 9.09. The van der Waals surface area contributed by atoms with E-state index < -0.39 is 13.4 Å². The van der Waals surface area contributed by atoms with E-state index in [4.69, 9.17) is 10.4 Å². The van der Waals surface area contributed by atoms with Gasteiger partial charge in [-0.2, -0.15) is 5.26 Å². The first-order valence-electron chi connectivity index (χ1n) is 8.01. The largest absolute Gasteiger partial charge is 0.394 e. The predicted molar refractivity (Wildman–Crippen MR) is 102 cm³/mol. The van der Waals surface area contributed by atoms with Gasteiger partial charge in [-0.25, -0.2) is 4.98 Å². The molecule has 7 nitrogen and oxygen atoms in total. The zero-order chi connectivity index (χ0) is 19.7. The molecule has 4 N–H and O–H groups in total. The van der Waals surface area contributed by atoms with Crippen LogP contribution in [0.5, 0.6) is 0 Å². The summed E-state index contributed by atoms with van der Waals surface area (Å²) in [7, 11) is -4.38. The Morgan fingerprint density at radius 3 is 2.54 bits per heavy atom. The fraction of sp³-hybridized carbons (Fsp3) is 0.412. The van der Waals surface area contributed by atoms with Crippen LogP contribution in [0.25, 0.3) is 0 Å². The maximum absolute atomic E-state index is 11.7. The summed E-state index contributed by atoms with van der Waals surface area (Å²) in [6, 6.07) is 8.27. The Morgan fingerprint density at radius 1 is 1.38 bits per heavy atom. The smallest absolute Gasteiger partial charge is 0.346 e. The molecule has 0 fully saturated rings. The molecule has 0 aliphatic heterocycles. The number of thiazole rings is 1. The summed E-state index contributed by atoms with van der Waals surface area (Å²) < 4.78 is 11.7. The SMILES string of the molecule is CC(C)O.Cc1csc(CCNC(c2cccc(C#N)c2)P(=O)(O)O)n1. The molecule has 0 saturated heterocycles. The van der Waals surface area contributed by atoms with Crippen molar-refractivity contribution in [2.75, 3.05) is 6.54 Å². The maximum atomic E-state index is 11.7. The average molecular weight is 397 g/mol. The van der Waals surface area contributed by atoms with Crippen molar-refractivity contribution in [3.05, 3.63) is 51.5 Å². The molecule has 0 bridgehead atoms. The average Bonchev–Trinajstić information content (AvgIpc) is 2.95. The van der Waals surface area contributed by atoms with Crippen molar-refractivity contribution in [2.45, 2.75) is 39.1 Å². The molecule has 9 heteroatoms. The molecule has 2 rings (SSSR count). The monoisotopic (exact) mass is 397 g/mol. The number of aliphatic hydroxyl groups is 1. The highest BCUT2D eigenvalue weighted by atomic mass is 32.1. The van der Waals surface area contributed by atoms with E-state index in [1.54, 1.807) is 32.0 Å². The minimum atomic E-state index is -4.38. The van der Waals surface area contributed by atoms with Crippen molar-refractivity contribution in [3.63, 3.8) is 0 Å². The van der Waals surface area contributed by atoms with Gasteiger partial charge in [0.2, 0.25) is 0 Å². The maximum Gasteiger partial charge on any atom is 0.346 e. The summed E-state index contributed by atoms with van der Waals surface area (Å²) in [5, 5.41) is 22.7. The second kappa shape index (κ2) is 10.5. The molecule has 0 radical (unpaired) electrons. The van der Waals surface area contributed by atoms with Crippen molar-refractivity contribution in [2.24, 2.45) is 0 Å². The predicted octanol–water partition coefficient (Wildman–Crippen LogP) is 2.72. The molecule has 0 aliphatic carbocycles. The zero-order valence-corrected chi connectivity index (χ0v) is 16.7. The summed E-state index contributed by atoms with van der Waals surface area (Å²) >= 11 is 1.52. The van der Waals surface area contributed by atoms with Gasteiger partial charge in [0.25, 0.3) is 0 Å². The van der Waals surface area contributed by atoms with Gasteiger partial charge in [0.15, 0.2) is 0 Å². The van der Waals surface area contributed by atoms with Crippen LogP contribution in [0.2, 0.25) is 0 Å². The zero-order valence-electron chi connectivity index (χ0n) is 15.0. The van der Waals surface area contributed by atoms with Gasteiger partial charge in [-0.05, 0) is 38.5 Å². The topological polar surface area (TPSA) is 126 Å². The first-order valence-corrected chi connectivity index (χ1v) is 10.6. The van der Waals surface area contributed by atoms with Crippen LogP contribution in [0.3, 0.4) is 0 Å². The number of benzene rings is 1. The van der Waals surface area contributed by atoms with Crippen LogP contribution in [-0.4, -0.2) is 32.5 Å². The van der Waals surface area contributed by atoms with Crippen LogP contribution < -0.4 is 5.32 Å². The molecule has 1 atom stereocenters. The van der Waals surface area contributed by atoms with Gasteiger partial charge in [0.05, 0.1) is 16.6 Å². The molecule has 142 valence electrons. The van der Waals surface area contributed by atoms with Gasteiger partial charge in [-0.15, -0.1) is 11.3 Å². The molecule has 1 aromatic heterocycles. The van der Waals surface area contributed by atoms with E-state index in [9.17, 15) is 14.4 Å². The van der Waals surface area contributed by atoms with Gasteiger partial charge >= 0.3 is 7.60 Å². The summed E-state index contributed by atoms with van der Waals surface area (Å²) in [4.78, 5) is 23.4. The normalized spacial score (nSPS) is 12.2. The molecule has 1 aromatic carbocycles. The fourth-order valence-corrected chi connectivity index (χ4v) is 3.73. The third-order valence-electron chi connectivity index (χ3n) is 3.01. The Hall–Kier alpha value is -1.59. The molecular formula is C17H24N3O4PS. The van der Waals surface area contributed by atoms with E-state index in [1.807, 2.05) is 18.4 Å². The van der Waals surface area contributed by atoms with Gasteiger partial charge in [-0.1, -0.05) is 12.1 Å². The fourth-order valence-electron chi connectivity index (χ4n) is 2.04. The number of aryl methyl sites for hydroxylation is 1. The number of hydrogen-bond acceptors (Lipinski definition) is 6. The first-order chi connectivity index (χ1) is 12.1. The lowest BCUT2D eigenvalue weighted by Gasteiger charge is -2.20. The molecule has 1 heterocycles. The standard InChI is InChI=1S/C14H16N3O3PS.C3H8O/c1-10-9-22-13(17-10)5-6-16-14(21(18,19)20)12-4-2-3-11(7-12)8-15;1-3(2)4/h2-4,7,9,14,16H,5-6H2,1H3,(H2,18,19,20);3-4H,1-2H3. The quantitative estimate of drug-likeness (QED) is 0.552. The lowest BCUT2D eigenvalue weighted by Crippen LogP contribution is -2.24. The highest BCUT2D eigenvalue weighted by Gasteiger charge is 2.30. The highest BCUT2D eigenvalue weighted by molar-refractivity contribution is 7.52. The Balaban J connectivity index is 0.000000765. The molecule has 0 spiro atoms. The third-order valence-corrected chi connectivity index (χ3v) is 5.19. The van der Waals surface area contributed by atoms with Crippen LogP contribution in [0.4, 0.5) is 0 Å². The molecule has 0 saturated carbocycles. The second-order valence-electron chi connectivity index (χ2n) is 5.91. The van der Waals surface area contributed by atoms with Gasteiger partial charge in [-0.3, -0.25) is 9.88 Å². The summed E-state index contributed by atoms with van der Waals surface area (Å²) in [6.07, 6.45) is 0.424. The molecule has 0 amide bonds. The van der Waals surface area contributed by atoms with Crippen LogP contribution in [0.15, 0.2) is 29.6 Å². The Morgan fingerprint density at radius 2 is 2.04 bits per heavy atom. The number of rotatable bonds is 6. The minimum absolute atomic E-state index is 0.167. The Bertz CT molecular complexity index is 780. The minimum Gasteiger partial charge on any atom is -0.394 e. The van der Waals surface area contributed by atoms with Gasteiger partial charge < -0.3 is 14.9 Å². The molecule has 0 aliphatic rings. The van der Waals surface area contributed by atoms with E-state index in [0.29, 0.717) is 24.1 Å². The number of nitrogens with one attached hydrogen (secondary N) is 1. The number of aromatic nitrogens is 1. The number of hydrogen-bond donors (Lipinski definition) is 4. The first kappa shape index (κ1) is 22.5. The van der Waals surface area contributed by atoms with E-state index in [-0.39, 0.29) is 6.10 Å². The van der Waals surface area contributed by atoms with Crippen LogP contribution in [-0.2, 0) is 11.0 Å². The van der Waals surface area contributed by atoms with E-state index >= 15 is 0 Å². The molecule has 1 unspecified atom stereocenters. The van der Waals surface area contributed by atoms with Crippen molar-refractivity contribution in [1.29, 1.82) is 5.26 Å². The Labute approximate surface area is 157 Å². The van der Waals surface area contributed by atoms with E-state index in [1.165, 1.54) is 17.4 Å². The summed E-state index contributed by atoms with van der Waals surface area (Å²) in [5.41, 5.74) is 1.71.